The average molecular weight is 253 g/mol. The normalized spacial score (nSPS) is 36.7. The van der Waals surface area contributed by atoms with E-state index < -0.39 is 10.8 Å². The van der Waals surface area contributed by atoms with Gasteiger partial charge in [-0.1, -0.05) is 11.6 Å². The van der Waals surface area contributed by atoms with Crippen LogP contribution in [0.4, 0.5) is 0 Å². The van der Waals surface area contributed by atoms with Crippen LogP contribution in [0.2, 0.25) is 0 Å². The van der Waals surface area contributed by atoms with E-state index in [0.29, 0.717) is 5.56 Å². The topological polar surface area (TPSA) is 60.2 Å². The molecule has 0 spiro atoms. The predicted molar refractivity (Wildman–Crippen MR) is 63.1 cm³/mol. The van der Waals surface area contributed by atoms with Crippen molar-refractivity contribution in [1.82, 2.24) is 5.16 Å². The first-order valence-electron chi connectivity index (χ1n) is 6.08. The van der Waals surface area contributed by atoms with Gasteiger partial charge in [0, 0.05) is 27.2 Å². The second-order valence-corrected chi connectivity index (χ2v) is 6.94. The molecule has 2 aliphatic rings. The minimum atomic E-state index is -0.711. The van der Waals surface area contributed by atoms with Crippen molar-refractivity contribution in [3.05, 3.63) is 18.0 Å². The molecule has 0 radical (unpaired) electrons. The lowest BCUT2D eigenvalue weighted by Crippen LogP contribution is -2.41. The fraction of sp³-hybridized carbons (Fsp3) is 0.667. The van der Waals surface area contributed by atoms with Crippen molar-refractivity contribution in [3.8, 4) is 0 Å². The fourth-order valence-corrected chi connectivity index (χ4v) is 5.20. The Labute approximate surface area is 102 Å². The largest absolute Gasteiger partial charge is 0.364 e. The highest BCUT2D eigenvalue weighted by Crippen LogP contribution is 2.38. The number of fused-ring (bicyclic) bond motifs is 2. The first-order valence-corrected chi connectivity index (χ1v) is 7.36. The highest BCUT2D eigenvalue weighted by atomic mass is 32.2. The number of rotatable bonds is 2. The molecule has 2 aliphatic heterocycles. The number of carbonyl (C=O) groups excluding carboxylic acids is 1. The minimum Gasteiger partial charge on any atom is -0.364 e. The van der Waals surface area contributed by atoms with Gasteiger partial charge in [0.1, 0.15) is 6.26 Å². The van der Waals surface area contributed by atoms with E-state index in [1.165, 1.54) is 12.5 Å². The Morgan fingerprint density at radius 2 is 2.06 bits per heavy atom. The van der Waals surface area contributed by atoms with Gasteiger partial charge in [0.05, 0.1) is 11.8 Å². The molecule has 92 valence electrons. The summed E-state index contributed by atoms with van der Waals surface area (Å²) in [5.41, 5.74) is 0.556. The molecule has 5 heteroatoms. The Bertz CT molecular complexity index is 427. The Balaban J connectivity index is 1.78. The number of aromatic nitrogens is 1. The number of hydrogen-bond donors (Lipinski definition) is 0. The Morgan fingerprint density at radius 1 is 1.35 bits per heavy atom. The highest BCUT2D eigenvalue weighted by Gasteiger charge is 2.40. The van der Waals surface area contributed by atoms with E-state index >= 15 is 0 Å². The number of hydrogen-bond acceptors (Lipinski definition) is 4. The third-order valence-corrected chi connectivity index (χ3v) is 6.06. The molecule has 0 saturated carbocycles. The molecular weight excluding hydrogens is 238 g/mol. The van der Waals surface area contributed by atoms with Gasteiger partial charge in [-0.25, -0.2) is 0 Å². The summed E-state index contributed by atoms with van der Waals surface area (Å²) in [5, 5.41) is 4.03. The lowest BCUT2D eigenvalue weighted by molar-refractivity contribution is 0.0894. The van der Waals surface area contributed by atoms with Crippen molar-refractivity contribution < 1.29 is 13.5 Å². The maximum Gasteiger partial charge on any atom is 0.170 e. The molecule has 0 aromatic carbocycles. The molecule has 2 fully saturated rings. The van der Waals surface area contributed by atoms with Gasteiger partial charge >= 0.3 is 0 Å². The van der Waals surface area contributed by atoms with Gasteiger partial charge < -0.3 is 4.52 Å². The zero-order valence-corrected chi connectivity index (χ0v) is 10.3. The van der Waals surface area contributed by atoms with Crippen LogP contribution in [-0.2, 0) is 10.8 Å². The van der Waals surface area contributed by atoms with Gasteiger partial charge in [0.2, 0.25) is 0 Å². The summed E-state index contributed by atoms with van der Waals surface area (Å²) in [4.78, 5) is 12.2. The second kappa shape index (κ2) is 4.37. The van der Waals surface area contributed by atoms with Crippen LogP contribution in [0, 0.1) is 5.92 Å². The predicted octanol–water partition coefficient (Wildman–Crippen LogP) is 1.94. The summed E-state index contributed by atoms with van der Waals surface area (Å²) in [6, 6.07) is 0. The van der Waals surface area contributed by atoms with Crippen LogP contribution >= 0.6 is 0 Å². The molecule has 1 aromatic rings. The van der Waals surface area contributed by atoms with E-state index in [9.17, 15) is 9.00 Å². The molecule has 0 amide bonds. The van der Waals surface area contributed by atoms with Gasteiger partial charge in [-0.3, -0.25) is 9.00 Å². The highest BCUT2D eigenvalue weighted by molar-refractivity contribution is 7.86. The molecule has 4 nitrogen and oxygen atoms in total. The van der Waals surface area contributed by atoms with Crippen molar-refractivity contribution in [2.24, 2.45) is 5.92 Å². The summed E-state index contributed by atoms with van der Waals surface area (Å²) < 4.78 is 16.7. The summed E-state index contributed by atoms with van der Waals surface area (Å²) in [6.45, 7) is 0. The third kappa shape index (κ3) is 1.97. The summed E-state index contributed by atoms with van der Waals surface area (Å²) in [7, 11) is -0.711. The van der Waals surface area contributed by atoms with Gasteiger partial charge in [-0.2, -0.15) is 0 Å². The van der Waals surface area contributed by atoms with Crippen molar-refractivity contribution in [2.45, 2.75) is 42.6 Å². The first kappa shape index (κ1) is 11.1. The average Bonchev–Trinajstić information content (AvgIpc) is 2.81. The summed E-state index contributed by atoms with van der Waals surface area (Å²) in [6.07, 6.45) is 7.61. The van der Waals surface area contributed by atoms with E-state index in [1.807, 2.05) is 0 Å². The molecule has 0 N–H and O–H groups in total. The quantitative estimate of drug-likeness (QED) is 0.756. The number of ketones is 1. The zero-order chi connectivity index (χ0) is 11.8. The molecule has 17 heavy (non-hydrogen) atoms. The van der Waals surface area contributed by atoms with Crippen molar-refractivity contribution >= 4 is 16.6 Å². The van der Waals surface area contributed by atoms with E-state index in [2.05, 4.69) is 5.16 Å². The van der Waals surface area contributed by atoms with Crippen molar-refractivity contribution in [3.63, 3.8) is 0 Å². The van der Waals surface area contributed by atoms with E-state index in [-0.39, 0.29) is 22.2 Å². The van der Waals surface area contributed by atoms with Crippen LogP contribution in [0.15, 0.2) is 17.0 Å². The molecule has 2 bridgehead atoms. The molecule has 2 unspecified atom stereocenters. The first-order chi connectivity index (χ1) is 8.25. The maximum absolute atomic E-state index is 12.2. The van der Waals surface area contributed by atoms with Gasteiger partial charge in [0.25, 0.3) is 0 Å². The van der Waals surface area contributed by atoms with Crippen molar-refractivity contribution in [2.75, 3.05) is 0 Å². The van der Waals surface area contributed by atoms with Gasteiger partial charge in [-0.05, 0) is 25.7 Å². The van der Waals surface area contributed by atoms with Gasteiger partial charge in [-0.15, -0.1) is 0 Å². The third-order valence-electron chi connectivity index (χ3n) is 3.89. The van der Waals surface area contributed by atoms with Crippen molar-refractivity contribution in [1.29, 1.82) is 0 Å². The monoisotopic (exact) mass is 253 g/mol. The van der Waals surface area contributed by atoms with Gasteiger partial charge in [0.15, 0.2) is 5.78 Å². The molecule has 3 rings (SSSR count). The molecule has 2 saturated heterocycles. The molecule has 1 aromatic heterocycles. The van der Waals surface area contributed by atoms with E-state index in [4.69, 9.17) is 4.52 Å². The van der Waals surface area contributed by atoms with Crippen LogP contribution in [0.1, 0.15) is 42.5 Å². The summed E-state index contributed by atoms with van der Waals surface area (Å²) >= 11 is 0. The lowest BCUT2D eigenvalue weighted by Gasteiger charge is -2.37. The van der Waals surface area contributed by atoms with E-state index in [0.717, 1.165) is 32.1 Å². The molecular formula is C12H15NO3S. The Kier molecular flexibility index (Phi) is 2.86. The van der Waals surface area contributed by atoms with Crippen LogP contribution in [0.5, 0.6) is 0 Å². The van der Waals surface area contributed by atoms with Crippen LogP contribution in [0.3, 0.4) is 0 Å². The fourth-order valence-electron chi connectivity index (χ4n) is 3.01. The Hall–Kier alpha value is -0.970. The summed E-state index contributed by atoms with van der Waals surface area (Å²) in [5.74, 6) is 0.127. The lowest BCUT2D eigenvalue weighted by atomic mass is 9.85. The molecule has 0 aliphatic carbocycles. The smallest absolute Gasteiger partial charge is 0.170 e. The number of Topliss-reactive ketones (excluding diaryl/α,β-unsaturated/α-hetero) is 1. The van der Waals surface area contributed by atoms with E-state index in [1.54, 1.807) is 0 Å². The SMILES string of the molecule is O=C(c1cnoc1)C1CC2CCCC(C1)S2=O. The number of carbonyl (C=O) groups is 1. The maximum atomic E-state index is 12.2. The second-order valence-electron chi connectivity index (χ2n) is 4.95. The molecule has 3 heterocycles. The minimum absolute atomic E-state index is 0.0161. The standard InChI is InChI=1S/C12H15NO3S/c14-12(9-6-13-16-7-9)8-4-10-2-1-3-11(5-8)17(10)15/h6-8,10-11H,1-5H2. The van der Waals surface area contributed by atoms with Crippen LogP contribution in [-0.4, -0.2) is 25.6 Å². The van der Waals surface area contributed by atoms with Crippen LogP contribution < -0.4 is 0 Å². The molecule has 2 atom stereocenters. The number of nitrogens with zero attached hydrogens (tertiary/aromatic N) is 1. The zero-order valence-electron chi connectivity index (χ0n) is 9.50. The van der Waals surface area contributed by atoms with Crippen LogP contribution in [0.25, 0.3) is 0 Å². The Morgan fingerprint density at radius 3 is 2.65 bits per heavy atom.